The third kappa shape index (κ3) is 3.09. The first kappa shape index (κ1) is 14.5. The Morgan fingerprint density at radius 3 is 2.95 bits per heavy atom. The van der Waals surface area contributed by atoms with Crippen LogP contribution in [0.25, 0.3) is 0 Å². The van der Waals surface area contributed by atoms with Crippen LogP contribution in [0.1, 0.15) is 0 Å². The van der Waals surface area contributed by atoms with Gasteiger partial charge in [0.25, 0.3) is 0 Å². The number of nitrogens with two attached hydrogens (primary N) is 1. The smallest absolute Gasteiger partial charge is 0.243 e. The van der Waals surface area contributed by atoms with E-state index in [2.05, 4.69) is 5.32 Å². The fourth-order valence-electron chi connectivity index (χ4n) is 2.38. The van der Waals surface area contributed by atoms with E-state index in [1.807, 2.05) is 23.1 Å². The molecule has 0 spiro atoms. The number of nitrogens with zero attached hydrogens (tertiary/aromatic N) is 1. The van der Waals surface area contributed by atoms with Crippen molar-refractivity contribution in [3.8, 4) is 5.75 Å². The molecule has 114 valence electrons. The van der Waals surface area contributed by atoms with Crippen molar-refractivity contribution in [2.45, 2.75) is 0 Å². The number of nitrogen functional groups attached to an aromatic ring is 1. The van der Waals surface area contributed by atoms with E-state index in [9.17, 15) is 4.79 Å². The number of carbonyl (C=O) groups excluding carboxylic acids is 1. The lowest BCUT2D eigenvalue weighted by atomic mass is 10.2. The number of para-hydroxylation sites is 1. The molecule has 3 rings (SSSR count). The second kappa shape index (κ2) is 6.15. The van der Waals surface area contributed by atoms with Gasteiger partial charge in [0.1, 0.15) is 12.4 Å². The first-order chi connectivity index (χ1) is 10.6. The van der Waals surface area contributed by atoms with Gasteiger partial charge in [0.2, 0.25) is 5.91 Å². The van der Waals surface area contributed by atoms with E-state index in [4.69, 9.17) is 22.1 Å². The lowest BCUT2D eigenvalue weighted by molar-refractivity contribution is -0.115. The molecule has 0 bridgehead atoms. The zero-order valence-electron chi connectivity index (χ0n) is 11.9. The summed E-state index contributed by atoms with van der Waals surface area (Å²) in [6.45, 7) is 1.40. The van der Waals surface area contributed by atoms with Crippen molar-refractivity contribution in [3.05, 3.63) is 47.5 Å². The molecule has 0 saturated heterocycles. The predicted molar refractivity (Wildman–Crippen MR) is 88.6 cm³/mol. The summed E-state index contributed by atoms with van der Waals surface area (Å²) >= 11 is 6.05. The molecule has 6 heteroatoms. The Bertz CT molecular complexity index is 706. The van der Waals surface area contributed by atoms with Gasteiger partial charge in [0.05, 0.1) is 29.5 Å². The van der Waals surface area contributed by atoms with Crippen molar-refractivity contribution in [1.82, 2.24) is 0 Å². The third-order valence-corrected chi connectivity index (χ3v) is 3.76. The molecule has 0 fully saturated rings. The van der Waals surface area contributed by atoms with Gasteiger partial charge >= 0.3 is 0 Å². The Morgan fingerprint density at radius 1 is 1.32 bits per heavy atom. The van der Waals surface area contributed by atoms with Crippen molar-refractivity contribution in [2.24, 2.45) is 0 Å². The minimum absolute atomic E-state index is 0.127. The van der Waals surface area contributed by atoms with Crippen molar-refractivity contribution in [2.75, 3.05) is 35.6 Å². The Hall–Kier alpha value is -2.40. The number of carbonyl (C=O) groups is 1. The van der Waals surface area contributed by atoms with Gasteiger partial charge in [0, 0.05) is 11.8 Å². The van der Waals surface area contributed by atoms with E-state index < -0.39 is 0 Å². The molecule has 22 heavy (non-hydrogen) atoms. The molecule has 0 aromatic heterocycles. The predicted octanol–water partition coefficient (Wildman–Crippen LogP) is 2.76. The van der Waals surface area contributed by atoms with Crippen molar-refractivity contribution in [1.29, 1.82) is 0 Å². The summed E-state index contributed by atoms with van der Waals surface area (Å²) in [5, 5.41) is 3.34. The first-order valence-corrected chi connectivity index (χ1v) is 7.33. The molecular weight excluding hydrogens is 302 g/mol. The standard InChI is InChI=1S/C16H16ClN3O2/c17-12-3-1-2-4-13(12)19-16(21)10-20-7-8-22-15-9-11(18)5-6-14(15)20/h1-6,9H,7-8,10,18H2,(H,19,21). The average Bonchev–Trinajstić information content (AvgIpc) is 2.49. The number of benzene rings is 2. The number of rotatable bonds is 3. The number of hydrogen-bond acceptors (Lipinski definition) is 4. The Morgan fingerprint density at radius 2 is 2.14 bits per heavy atom. The monoisotopic (exact) mass is 317 g/mol. The minimum atomic E-state index is -0.127. The van der Waals surface area contributed by atoms with Gasteiger partial charge < -0.3 is 20.7 Å². The van der Waals surface area contributed by atoms with Gasteiger partial charge in [0.15, 0.2) is 0 Å². The fourth-order valence-corrected chi connectivity index (χ4v) is 2.57. The van der Waals surface area contributed by atoms with Crippen LogP contribution in [0.15, 0.2) is 42.5 Å². The van der Waals surface area contributed by atoms with Gasteiger partial charge in [-0.15, -0.1) is 0 Å². The largest absolute Gasteiger partial charge is 0.489 e. The number of nitrogens with one attached hydrogen (secondary N) is 1. The molecular formula is C16H16ClN3O2. The van der Waals surface area contributed by atoms with Crippen LogP contribution in [-0.4, -0.2) is 25.6 Å². The van der Waals surface area contributed by atoms with Crippen LogP contribution in [0.2, 0.25) is 5.02 Å². The van der Waals surface area contributed by atoms with Crippen LogP contribution in [0, 0.1) is 0 Å². The van der Waals surface area contributed by atoms with Gasteiger partial charge in [-0.2, -0.15) is 0 Å². The molecule has 2 aromatic rings. The average molecular weight is 318 g/mol. The second-order valence-electron chi connectivity index (χ2n) is 5.03. The van der Waals surface area contributed by atoms with E-state index in [1.165, 1.54) is 0 Å². The Labute approximate surface area is 133 Å². The number of hydrogen-bond donors (Lipinski definition) is 2. The maximum absolute atomic E-state index is 12.2. The molecule has 5 nitrogen and oxygen atoms in total. The van der Waals surface area contributed by atoms with E-state index in [-0.39, 0.29) is 12.5 Å². The minimum Gasteiger partial charge on any atom is -0.489 e. The highest BCUT2D eigenvalue weighted by Gasteiger charge is 2.20. The number of anilines is 3. The molecule has 1 heterocycles. The summed E-state index contributed by atoms with van der Waals surface area (Å²) in [6, 6.07) is 12.6. The van der Waals surface area contributed by atoms with Crippen LogP contribution in [0.3, 0.4) is 0 Å². The molecule has 1 aliphatic heterocycles. The molecule has 0 saturated carbocycles. The second-order valence-corrected chi connectivity index (χ2v) is 5.43. The van der Waals surface area contributed by atoms with E-state index in [0.29, 0.717) is 35.3 Å². The van der Waals surface area contributed by atoms with Crippen molar-refractivity contribution >= 4 is 34.6 Å². The van der Waals surface area contributed by atoms with Crippen LogP contribution < -0.4 is 20.7 Å². The summed E-state index contributed by atoms with van der Waals surface area (Å²) in [5.41, 5.74) is 7.88. The normalized spacial score (nSPS) is 13.2. The topological polar surface area (TPSA) is 67.6 Å². The van der Waals surface area contributed by atoms with Crippen LogP contribution in [0.5, 0.6) is 5.75 Å². The zero-order valence-corrected chi connectivity index (χ0v) is 12.6. The lowest BCUT2D eigenvalue weighted by Crippen LogP contribution is -2.38. The molecule has 3 N–H and O–H groups in total. The van der Waals surface area contributed by atoms with Crippen LogP contribution in [0.4, 0.5) is 17.1 Å². The maximum atomic E-state index is 12.2. The number of fused-ring (bicyclic) bond motifs is 1. The van der Waals surface area contributed by atoms with Gasteiger partial charge in [-0.25, -0.2) is 0 Å². The molecule has 0 aliphatic carbocycles. The maximum Gasteiger partial charge on any atom is 0.243 e. The highest BCUT2D eigenvalue weighted by molar-refractivity contribution is 6.33. The highest BCUT2D eigenvalue weighted by Crippen LogP contribution is 2.33. The molecule has 0 radical (unpaired) electrons. The summed E-state index contributed by atoms with van der Waals surface area (Å²) < 4.78 is 5.58. The first-order valence-electron chi connectivity index (χ1n) is 6.95. The van der Waals surface area contributed by atoms with E-state index in [0.717, 1.165) is 5.69 Å². The molecule has 2 aromatic carbocycles. The summed E-state index contributed by atoms with van der Waals surface area (Å²) in [5.74, 6) is 0.578. The molecule has 0 unspecified atom stereocenters. The Balaban J connectivity index is 1.72. The number of halogens is 1. The fraction of sp³-hybridized carbons (Fsp3) is 0.188. The summed E-state index contributed by atoms with van der Waals surface area (Å²) in [4.78, 5) is 14.2. The summed E-state index contributed by atoms with van der Waals surface area (Å²) in [6.07, 6.45) is 0. The van der Waals surface area contributed by atoms with Crippen molar-refractivity contribution in [3.63, 3.8) is 0 Å². The van der Waals surface area contributed by atoms with Crippen molar-refractivity contribution < 1.29 is 9.53 Å². The third-order valence-electron chi connectivity index (χ3n) is 3.43. The van der Waals surface area contributed by atoms with Crippen LogP contribution in [-0.2, 0) is 4.79 Å². The van der Waals surface area contributed by atoms with E-state index >= 15 is 0 Å². The molecule has 1 amide bonds. The zero-order chi connectivity index (χ0) is 15.5. The van der Waals surface area contributed by atoms with Gasteiger partial charge in [-0.05, 0) is 24.3 Å². The highest BCUT2D eigenvalue weighted by atomic mass is 35.5. The lowest BCUT2D eigenvalue weighted by Gasteiger charge is -2.30. The van der Waals surface area contributed by atoms with Crippen LogP contribution >= 0.6 is 11.6 Å². The van der Waals surface area contributed by atoms with E-state index in [1.54, 1.807) is 24.3 Å². The SMILES string of the molecule is Nc1ccc2c(c1)OCCN2CC(=O)Nc1ccccc1Cl. The molecule has 1 aliphatic rings. The quantitative estimate of drug-likeness (QED) is 0.854. The molecule has 0 atom stereocenters. The van der Waals surface area contributed by atoms with Gasteiger partial charge in [-0.1, -0.05) is 23.7 Å². The Kier molecular flexibility index (Phi) is 4.06. The number of ether oxygens (including phenoxy) is 1. The number of amides is 1. The van der Waals surface area contributed by atoms with Gasteiger partial charge in [-0.3, -0.25) is 4.79 Å². The summed E-state index contributed by atoms with van der Waals surface area (Å²) in [7, 11) is 0.